The summed E-state index contributed by atoms with van der Waals surface area (Å²) in [5, 5.41) is 0. The fourth-order valence-corrected chi connectivity index (χ4v) is 2.47. The molecule has 0 radical (unpaired) electrons. The van der Waals surface area contributed by atoms with E-state index in [4.69, 9.17) is 4.74 Å². The number of esters is 1. The van der Waals surface area contributed by atoms with E-state index >= 15 is 0 Å². The first kappa shape index (κ1) is 15.2. The minimum absolute atomic E-state index is 0.0311. The quantitative estimate of drug-likeness (QED) is 0.626. The predicted molar refractivity (Wildman–Crippen MR) is 76.8 cm³/mol. The van der Waals surface area contributed by atoms with E-state index in [2.05, 4.69) is 0 Å². The van der Waals surface area contributed by atoms with Crippen LogP contribution in [0.5, 0.6) is 0 Å². The van der Waals surface area contributed by atoms with Crippen LogP contribution in [0.4, 0.5) is 0 Å². The molecule has 0 saturated carbocycles. The van der Waals surface area contributed by atoms with Crippen LogP contribution in [-0.4, -0.2) is 42.3 Å². The summed E-state index contributed by atoms with van der Waals surface area (Å²) in [6.45, 7) is 4.19. The second kappa shape index (κ2) is 6.52. The Morgan fingerprint density at radius 1 is 1.33 bits per heavy atom. The highest BCUT2D eigenvalue weighted by Crippen LogP contribution is 2.19. The van der Waals surface area contributed by atoms with Gasteiger partial charge in [0.15, 0.2) is 5.78 Å². The van der Waals surface area contributed by atoms with Crippen LogP contribution < -0.4 is 0 Å². The number of hydrogen-bond acceptors (Lipinski definition) is 4. The molecule has 1 aliphatic rings. The van der Waals surface area contributed by atoms with E-state index < -0.39 is 11.9 Å². The molecular weight excluding hydrogens is 270 g/mol. The van der Waals surface area contributed by atoms with Crippen LogP contribution in [0.1, 0.15) is 29.3 Å². The van der Waals surface area contributed by atoms with Gasteiger partial charge in [0.05, 0.1) is 13.2 Å². The Morgan fingerprint density at radius 2 is 2.05 bits per heavy atom. The number of hydrogen-bond donors (Lipinski definition) is 0. The zero-order chi connectivity index (χ0) is 15.4. The number of carbonyl (C=O) groups excluding carboxylic acids is 3. The molecule has 1 aromatic rings. The molecule has 1 heterocycles. The molecule has 1 atom stereocenters. The van der Waals surface area contributed by atoms with Gasteiger partial charge in [-0.05, 0) is 31.9 Å². The van der Waals surface area contributed by atoms with E-state index in [0.29, 0.717) is 18.5 Å². The minimum Gasteiger partial charge on any atom is -0.465 e. The van der Waals surface area contributed by atoms with E-state index in [1.807, 2.05) is 19.1 Å². The highest BCUT2D eigenvalue weighted by molar-refractivity contribution is 6.04. The van der Waals surface area contributed by atoms with Crippen LogP contribution in [0, 0.1) is 12.8 Å². The average molecular weight is 289 g/mol. The van der Waals surface area contributed by atoms with Gasteiger partial charge in [0.2, 0.25) is 0 Å². The molecule has 112 valence electrons. The number of amides is 1. The lowest BCUT2D eigenvalue weighted by atomic mass is 9.94. The van der Waals surface area contributed by atoms with E-state index in [1.54, 1.807) is 19.1 Å². The molecule has 21 heavy (non-hydrogen) atoms. The molecule has 1 unspecified atom stereocenters. The number of likely N-dealkylation sites (tertiary alicyclic amines) is 1. The molecule has 2 rings (SSSR count). The van der Waals surface area contributed by atoms with Gasteiger partial charge in [-0.3, -0.25) is 14.4 Å². The minimum atomic E-state index is -0.731. The van der Waals surface area contributed by atoms with Crippen molar-refractivity contribution in [1.29, 1.82) is 0 Å². The Kier molecular flexibility index (Phi) is 4.73. The summed E-state index contributed by atoms with van der Waals surface area (Å²) in [6.07, 6.45) is 0.329. The van der Waals surface area contributed by atoms with E-state index in [-0.39, 0.29) is 24.8 Å². The zero-order valence-corrected chi connectivity index (χ0v) is 12.3. The maximum Gasteiger partial charge on any atom is 0.316 e. The SMILES string of the molecule is CCOC(=O)C1CCN(C(=O)c2ccccc2C)CC1=O. The van der Waals surface area contributed by atoms with Gasteiger partial charge >= 0.3 is 5.97 Å². The number of rotatable bonds is 3. The molecule has 0 spiro atoms. The van der Waals surface area contributed by atoms with Gasteiger partial charge in [-0.2, -0.15) is 0 Å². The summed E-state index contributed by atoms with van der Waals surface area (Å²) >= 11 is 0. The van der Waals surface area contributed by atoms with Gasteiger partial charge in [0.1, 0.15) is 5.92 Å². The fraction of sp³-hybridized carbons (Fsp3) is 0.438. The van der Waals surface area contributed by atoms with Crippen molar-refractivity contribution in [3.05, 3.63) is 35.4 Å². The summed E-state index contributed by atoms with van der Waals surface area (Å²) in [5.74, 6) is -1.62. The number of ether oxygens (including phenoxy) is 1. The molecule has 1 amide bonds. The van der Waals surface area contributed by atoms with Gasteiger partial charge in [0.25, 0.3) is 5.91 Å². The number of aryl methyl sites for hydroxylation is 1. The molecular formula is C16H19NO4. The monoisotopic (exact) mass is 289 g/mol. The van der Waals surface area contributed by atoms with Crippen LogP contribution >= 0.6 is 0 Å². The Hall–Kier alpha value is -2.17. The van der Waals surface area contributed by atoms with Crippen molar-refractivity contribution in [1.82, 2.24) is 4.90 Å². The lowest BCUT2D eigenvalue weighted by Crippen LogP contribution is -2.46. The third-order valence-corrected chi connectivity index (χ3v) is 3.66. The lowest BCUT2D eigenvalue weighted by molar-refractivity contribution is -0.153. The van der Waals surface area contributed by atoms with Crippen molar-refractivity contribution >= 4 is 17.7 Å². The average Bonchev–Trinajstić information content (AvgIpc) is 2.47. The normalized spacial score (nSPS) is 18.5. The molecule has 5 heteroatoms. The largest absolute Gasteiger partial charge is 0.465 e. The maximum atomic E-state index is 12.4. The molecule has 1 aromatic carbocycles. The summed E-state index contributed by atoms with van der Waals surface area (Å²) < 4.78 is 4.89. The van der Waals surface area contributed by atoms with Crippen LogP contribution in [0.25, 0.3) is 0 Å². The van der Waals surface area contributed by atoms with Gasteiger partial charge < -0.3 is 9.64 Å². The second-order valence-electron chi connectivity index (χ2n) is 5.10. The van der Waals surface area contributed by atoms with Crippen molar-refractivity contribution in [3.8, 4) is 0 Å². The van der Waals surface area contributed by atoms with Crippen molar-refractivity contribution < 1.29 is 19.1 Å². The van der Waals surface area contributed by atoms with Gasteiger partial charge in [-0.25, -0.2) is 0 Å². The zero-order valence-electron chi connectivity index (χ0n) is 12.3. The van der Waals surface area contributed by atoms with Crippen molar-refractivity contribution in [2.24, 2.45) is 5.92 Å². The van der Waals surface area contributed by atoms with Gasteiger partial charge in [-0.1, -0.05) is 18.2 Å². The Morgan fingerprint density at radius 3 is 2.67 bits per heavy atom. The standard InChI is InChI=1S/C16H19NO4/c1-3-21-16(20)13-8-9-17(10-14(13)18)15(19)12-7-5-4-6-11(12)2/h4-7,13H,3,8-10H2,1-2H3. The Bertz CT molecular complexity index is 567. The van der Waals surface area contributed by atoms with Crippen LogP contribution in [0.15, 0.2) is 24.3 Å². The number of benzene rings is 1. The van der Waals surface area contributed by atoms with Crippen molar-refractivity contribution in [3.63, 3.8) is 0 Å². The Balaban J connectivity index is 2.06. The lowest BCUT2D eigenvalue weighted by Gasteiger charge is -2.30. The number of ketones is 1. The molecule has 0 bridgehead atoms. The molecule has 0 N–H and O–H groups in total. The number of piperidine rings is 1. The molecule has 1 saturated heterocycles. The summed E-state index contributed by atoms with van der Waals surface area (Å²) in [4.78, 5) is 37.6. The van der Waals surface area contributed by atoms with Gasteiger partial charge in [0, 0.05) is 12.1 Å². The fourth-order valence-electron chi connectivity index (χ4n) is 2.47. The Labute approximate surface area is 123 Å². The predicted octanol–water partition coefficient (Wildman–Crippen LogP) is 1.59. The molecule has 1 aliphatic heterocycles. The first-order valence-electron chi connectivity index (χ1n) is 7.08. The van der Waals surface area contributed by atoms with E-state index in [1.165, 1.54) is 4.90 Å². The highest BCUT2D eigenvalue weighted by Gasteiger charge is 2.35. The first-order valence-corrected chi connectivity index (χ1v) is 7.08. The second-order valence-corrected chi connectivity index (χ2v) is 5.10. The van der Waals surface area contributed by atoms with Crippen LogP contribution in [0.3, 0.4) is 0 Å². The van der Waals surface area contributed by atoms with Gasteiger partial charge in [-0.15, -0.1) is 0 Å². The van der Waals surface area contributed by atoms with E-state index in [9.17, 15) is 14.4 Å². The summed E-state index contributed by atoms with van der Waals surface area (Å²) in [5.41, 5.74) is 1.47. The van der Waals surface area contributed by atoms with Crippen LogP contribution in [-0.2, 0) is 14.3 Å². The molecule has 0 aliphatic carbocycles. The van der Waals surface area contributed by atoms with Crippen molar-refractivity contribution in [2.75, 3.05) is 19.7 Å². The first-order chi connectivity index (χ1) is 10.0. The molecule has 0 aromatic heterocycles. The van der Waals surface area contributed by atoms with E-state index in [0.717, 1.165) is 5.56 Å². The topological polar surface area (TPSA) is 63.7 Å². The smallest absolute Gasteiger partial charge is 0.316 e. The highest BCUT2D eigenvalue weighted by atomic mass is 16.5. The van der Waals surface area contributed by atoms with Crippen LogP contribution in [0.2, 0.25) is 0 Å². The molecule has 5 nitrogen and oxygen atoms in total. The van der Waals surface area contributed by atoms with Crippen molar-refractivity contribution in [2.45, 2.75) is 20.3 Å². The maximum absolute atomic E-state index is 12.4. The third kappa shape index (κ3) is 3.29. The number of nitrogens with zero attached hydrogens (tertiary/aromatic N) is 1. The third-order valence-electron chi connectivity index (χ3n) is 3.66. The number of Topliss-reactive ketones (excluding diaryl/α,β-unsaturated/α-hetero) is 1. The summed E-state index contributed by atoms with van der Waals surface area (Å²) in [6, 6.07) is 7.28. The molecule has 1 fully saturated rings. The summed E-state index contributed by atoms with van der Waals surface area (Å²) in [7, 11) is 0. The number of carbonyl (C=O) groups is 3.